The van der Waals surface area contributed by atoms with Crippen LogP contribution in [0.5, 0.6) is 0 Å². The zero-order valence-electron chi connectivity index (χ0n) is 11.4. The van der Waals surface area contributed by atoms with E-state index in [0.29, 0.717) is 0 Å². The molecule has 0 bridgehead atoms. The number of nitrogens with zero attached hydrogens (tertiary/aromatic N) is 2. The topological polar surface area (TPSA) is 85.1 Å². The first kappa shape index (κ1) is 14.9. The lowest BCUT2D eigenvalue weighted by atomic mass is 10.2. The van der Waals surface area contributed by atoms with E-state index >= 15 is 0 Å². The number of nitro benzene ring substituents is 1. The van der Waals surface area contributed by atoms with Gasteiger partial charge < -0.3 is 5.32 Å². The standard InChI is InChI=1S/C14H12ClN3O3/c1-8-5-9(2)16-12(6-8)14(19)17-10-3-4-11(15)13(7-10)18(20)21/h3-7H,1-2H3,(H,17,19). The summed E-state index contributed by atoms with van der Waals surface area (Å²) in [7, 11) is 0. The third-order valence-corrected chi connectivity index (χ3v) is 3.05. The molecule has 6 nitrogen and oxygen atoms in total. The molecule has 7 heteroatoms. The van der Waals surface area contributed by atoms with Crippen molar-refractivity contribution in [3.8, 4) is 0 Å². The molecule has 0 unspecified atom stereocenters. The minimum Gasteiger partial charge on any atom is -0.320 e. The number of pyridine rings is 1. The summed E-state index contributed by atoms with van der Waals surface area (Å²) in [4.78, 5) is 26.5. The molecule has 0 aliphatic heterocycles. The highest BCUT2D eigenvalue weighted by molar-refractivity contribution is 6.32. The lowest BCUT2D eigenvalue weighted by Gasteiger charge is -2.07. The molecule has 0 aliphatic carbocycles. The summed E-state index contributed by atoms with van der Waals surface area (Å²) in [5, 5.41) is 13.4. The fourth-order valence-electron chi connectivity index (χ4n) is 1.88. The molecule has 1 aromatic heterocycles. The average molecular weight is 306 g/mol. The second-order valence-electron chi connectivity index (χ2n) is 4.55. The highest BCUT2D eigenvalue weighted by Gasteiger charge is 2.15. The fourth-order valence-corrected chi connectivity index (χ4v) is 2.07. The van der Waals surface area contributed by atoms with Gasteiger partial charge in [-0.3, -0.25) is 14.9 Å². The lowest BCUT2D eigenvalue weighted by Crippen LogP contribution is -2.14. The summed E-state index contributed by atoms with van der Waals surface area (Å²) in [5.41, 5.74) is 1.92. The van der Waals surface area contributed by atoms with E-state index in [0.717, 1.165) is 11.3 Å². The van der Waals surface area contributed by atoms with Gasteiger partial charge in [0, 0.05) is 17.4 Å². The van der Waals surface area contributed by atoms with E-state index in [-0.39, 0.29) is 22.1 Å². The number of carbonyl (C=O) groups is 1. The van der Waals surface area contributed by atoms with Crippen LogP contribution in [-0.4, -0.2) is 15.8 Å². The highest BCUT2D eigenvalue weighted by Crippen LogP contribution is 2.27. The van der Waals surface area contributed by atoms with Crippen LogP contribution in [0, 0.1) is 24.0 Å². The fraction of sp³-hybridized carbons (Fsp3) is 0.143. The van der Waals surface area contributed by atoms with Gasteiger partial charge in [0.1, 0.15) is 10.7 Å². The van der Waals surface area contributed by atoms with Crippen LogP contribution in [0.1, 0.15) is 21.7 Å². The Morgan fingerprint density at radius 3 is 2.62 bits per heavy atom. The van der Waals surface area contributed by atoms with Crippen molar-refractivity contribution >= 4 is 28.9 Å². The number of anilines is 1. The predicted octanol–water partition coefficient (Wildman–Crippen LogP) is 3.51. The smallest absolute Gasteiger partial charge is 0.289 e. The van der Waals surface area contributed by atoms with Gasteiger partial charge in [-0.05, 0) is 43.7 Å². The monoisotopic (exact) mass is 305 g/mol. The second-order valence-corrected chi connectivity index (χ2v) is 4.96. The van der Waals surface area contributed by atoms with Crippen molar-refractivity contribution in [2.45, 2.75) is 13.8 Å². The van der Waals surface area contributed by atoms with E-state index in [1.807, 2.05) is 13.0 Å². The van der Waals surface area contributed by atoms with Crippen molar-refractivity contribution in [3.63, 3.8) is 0 Å². The van der Waals surface area contributed by atoms with Gasteiger partial charge in [-0.15, -0.1) is 0 Å². The van der Waals surface area contributed by atoms with E-state index in [1.54, 1.807) is 13.0 Å². The number of hydrogen-bond acceptors (Lipinski definition) is 4. The van der Waals surface area contributed by atoms with Gasteiger partial charge in [0.15, 0.2) is 0 Å². The molecule has 1 aromatic carbocycles. The van der Waals surface area contributed by atoms with Crippen LogP contribution in [0.15, 0.2) is 30.3 Å². The van der Waals surface area contributed by atoms with E-state index in [9.17, 15) is 14.9 Å². The molecule has 1 N–H and O–H groups in total. The number of halogens is 1. The first-order valence-electron chi connectivity index (χ1n) is 6.07. The largest absolute Gasteiger partial charge is 0.320 e. The first-order valence-corrected chi connectivity index (χ1v) is 6.45. The van der Waals surface area contributed by atoms with Crippen molar-refractivity contribution in [2.75, 3.05) is 5.32 Å². The van der Waals surface area contributed by atoms with Crippen molar-refractivity contribution in [1.82, 2.24) is 4.98 Å². The van der Waals surface area contributed by atoms with Crippen LogP contribution in [0.3, 0.4) is 0 Å². The molecule has 108 valence electrons. The van der Waals surface area contributed by atoms with Gasteiger partial charge in [0.25, 0.3) is 11.6 Å². The summed E-state index contributed by atoms with van der Waals surface area (Å²) in [6.07, 6.45) is 0. The second kappa shape index (κ2) is 5.88. The summed E-state index contributed by atoms with van der Waals surface area (Å²) >= 11 is 5.72. The van der Waals surface area contributed by atoms with E-state index in [2.05, 4.69) is 10.3 Å². The van der Waals surface area contributed by atoms with Crippen molar-refractivity contribution in [2.24, 2.45) is 0 Å². The molecule has 0 spiro atoms. The Labute approximate surface area is 125 Å². The molecule has 21 heavy (non-hydrogen) atoms. The summed E-state index contributed by atoms with van der Waals surface area (Å²) in [6.45, 7) is 3.65. The maximum atomic E-state index is 12.1. The molecule has 0 aliphatic rings. The van der Waals surface area contributed by atoms with Gasteiger partial charge in [-0.25, -0.2) is 4.98 Å². The number of aryl methyl sites for hydroxylation is 2. The Balaban J connectivity index is 2.27. The maximum absolute atomic E-state index is 12.1. The Morgan fingerprint density at radius 2 is 2.00 bits per heavy atom. The SMILES string of the molecule is Cc1cc(C)nc(C(=O)Nc2ccc(Cl)c([N+](=O)[O-])c2)c1. The van der Waals surface area contributed by atoms with Gasteiger partial charge in [-0.2, -0.15) is 0 Å². The molecule has 0 saturated carbocycles. The van der Waals surface area contributed by atoms with Crippen LogP contribution in [-0.2, 0) is 0 Å². The molecule has 0 atom stereocenters. The predicted molar refractivity (Wildman–Crippen MR) is 79.8 cm³/mol. The Morgan fingerprint density at radius 1 is 1.29 bits per heavy atom. The number of rotatable bonds is 3. The van der Waals surface area contributed by atoms with Gasteiger partial charge in [0.05, 0.1) is 4.92 Å². The number of carbonyl (C=O) groups excluding carboxylic acids is 1. The van der Waals surface area contributed by atoms with Crippen molar-refractivity contribution < 1.29 is 9.72 Å². The number of benzene rings is 1. The Hall–Kier alpha value is -2.47. The number of amides is 1. The number of aromatic nitrogens is 1. The summed E-state index contributed by atoms with van der Waals surface area (Å²) in [5.74, 6) is -0.432. The zero-order valence-corrected chi connectivity index (χ0v) is 12.1. The molecule has 1 heterocycles. The highest BCUT2D eigenvalue weighted by atomic mass is 35.5. The van der Waals surface area contributed by atoms with Crippen LogP contribution in [0.4, 0.5) is 11.4 Å². The molecular formula is C14H12ClN3O3. The zero-order chi connectivity index (χ0) is 15.6. The van der Waals surface area contributed by atoms with Crippen molar-refractivity contribution in [1.29, 1.82) is 0 Å². The van der Waals surface area contributed by atoms with Gasteiger partial charge in [-0.1, -0.05) is 11.6 Å². The molecular weight excluding hydrogens is 294 g/mol. The molecule has 0 radical (unpaired) electrons. The quantitative estimate of drug-likeness (QED) is 0.694. The molecule has 0 fully saturated rings. The van der Waals surface area contributed by atoms with Crippen LogP contribution in [0.2, 0.25) is 5.02 Å². The first-order chi connectivity index (χ1) is 9.86. The lowest BCUT2D eigenvalue weighted by molar-refractivity contribution is -0.384. The van der Waals surface area contributed by atoms with E-state index < -0.39 is 10.8 Å². The minimum atomic E-state index is -0.604. The third-order valence-electron chi connectivity index (χ3n) is 2.73. The van der Waals surface area contributed by atoms with E-state index in [4.69, 9.17) is 11.6 Å². The molecule has 2 rings (SSSR count). The number of nitro groups is 1. The molecule has 2 aromatic rings. The maximum Gasteiger partial charge on any atom is 0.289 e. The van der Waals surface area contributed by atoms with Gasteiger partial charge >= 0.3 is 0 Å². The van der Waals surface area contributed by atoms with Crippen LogP contribution >= 0.6 is 11.6 Å². The minimum absolute atomic E-state index is 0.0162. The number of nitrogens with one attached hydrogen (secondary N) is 1. The average Bonchev–Trinajstić information content (AvgIpc) is 2.39. The van der Waals surface area contributed by atoms with E-state index in [1.165, 1.54) is 18.2 Å². The molecule has 0 saturated heterocycles. The van der Waals surface area contributed by atoms with Gasteiger partial charge in [0.2, 0.25) is 0 Å². The summed E-state index contributed by atoms with van der Waals surface area (Å²) in [6, 6.07) is 7.57. The Bertz CT molecular complexity index is 711. The molecule has 1 amide bonds. The third kappa shape index (κ3) is 3.55. The normalized spacial score (nSPS) is 10.2. The number of hydrogen-bond donors (Lipinski definition) is 1. The Kier molecular flexibility index (Phi) is 4.18. The van der Waals surface area contributed by atoms with Crippen LogP contribution in [0.25, 0.3) is 0 Å². The summed E-state index contributed by atoms with van der Waals surface area (Å²) < 4.78 is 0. The van der Waals surface area contributed by atoms with Crippen molar-refractivity contribution in [3.05, 3.63) is 62.4 Å². The van der Waals surface area contributed by atoms with Crippen LogP contribution < -0.4 is 5.32 Å².